The van der Waals surface area contributed by atoms with E-state index in [1.807, 2.05) is 0 Å². The Morgan fingerprint density at radius 1 is 1.15 bits per heavy atom. The molecule has 112 valence electrons. The summed E-state index contributed by atoms with van der Waals surface area (Å²) < 4.78 is 4.63. The molecule has 0 saturated heterocycles. The molecule has 0 aliphatic rings. The van der Waals surface area contributed by atoms with E-state index in [9.17, 15) is 24.3 Å². The van der Waals surface area contributed by atoms with Gasteiger partial charge in [-0.3, -0.25) is 14.4 Å². The maximum Gasteiger partial charge on any atom is 0.345 e. The fourth-order valence-electron chi connectivity index (χ4n) is 1.35. The van der Waals surface area contributed by atoms with Crippen LogP contribution in [-0.2, 0) is 23.9 Å². The van der Waals surface area contributed by atoms with E-state index < -0.39 is 45.8 Å². The molecule has 0 saturated carbocycles. The zero-order valence-electron chi connectivity index (χ0n) is 11.3. The van der Waals surface area contributed by atoms with Crippen molar-refractivity contribution in [3.8, 4) is 0 Å². The van der Waals surface area contributed by atoms with Crippen LogP contribution in [0.3, 0.4) is 0 Å². The van der Waals surface area contributed by atoms with Gasteiger partial charge in [-0.25, -0.2) is 4.79 Å². The minimum Gasteiger partial charge on any atom is -0.510 e. The summed E-state index contributed by atoms with van der Waals surface area (Å²) in [6, 6.07) is 0. The first-order chi connectivity index (χ1) is 9.20. The van der Waals surface area contributed by atoms with Crippen molar-refractivity contribution >= 4 is 34.6 Å². The van der Waals surface area contributed by atoms with Crippen molar-refractivity contribution in [3.05, 3.63) is 11.3 Å². The van der Waals surface area contributed by atoms with Crippen molar-refractivity contribution < 1.29 is 34.1 Å². The van der Waals surface area contributed by atoms with Gasteiger partial charge in [-0.1, -0.05) is 11.8 Å². The van der Waals surface area contributed by atoms with Crippen LogP contribution >= 0.6 is 11.8 Å². The molecular formula is C12H16O7S. The van der Waals surface area contributed by atoms with Gasteiger partial charge in [-0.05, 0) is 13.8 Å². The molecule has 0 spiro atoms. The molecule has 0 aromatic rings. The highest BCUT2D eigenvalue weighted by Gasteiger charge is 2.29. The van der Waals surface area contributed by atoms with Gasteiger partial charge in [-0.2, -0.15) is 0 Å². The smallest absolute Gasteiger partial charge is 0.345 e. The Bertz CT molecular complexity index is 437. The zero-order valence-corrected chi connectivity index (χ0v) is 12.2. The Kier molecular flexibility index (Phi) is 7.60. The number of Topliss-reactive ketones (excluding diaryl/α,β-unsaturated/α-hetero) is 1. The Hall–Kier alpha value is -1.83. The van der Waals surface area contributed by atoms with Crippen LogP contribution in [0.15, 0.2) is 11.3 Å². The third-order valence-corrected chi connectivity index (χ3v) is 3.07. The van der Waals surface area contributed by atoms with Gasteiger partial charge in [0, 0.05) is 6.92 Å². The van der Waals surface area contributed by atoms with Crippen molar-refractivity contribution in [1.82, 2.24) is 0 Å². The quantitative estimate of drug-likeness (QED) is 0.236. The molecule has 20 heavy (non-hydrogen) atoms. The van der Waals surface area contributed by atoms with Gasteiger partial charge < -0.3 is 14.9 Å². The summed E-state index contributed by atoms with van der Waals surface area (Å²) in [5.41, 5.74) is -0.633. The van der Waals surface area contributed by atoms with Crippen LogP contribution in [0.1, 0.15) is 27.2 Å². The molecule has 0 aromatic carbocycles. The van der Waals surface area contributed by atoms with Crippen molar-refractivity contribution in [2.75, 3.05) is 6.61 Å². The van der Waals surface area contributed by atoms with E-state index in [0.717, 1.165) is 6.92 Å². The molecule has 1 unspecified atom stereocenters. The van der Waals surface area contributed by atoms with Crippen LogP contribution in [0.2, 0.25) is 0 Å². The molecule has 2 N–H and O–H groups in total. The molecule has 0 rings (SSSR count). The van der Waals surface area contributed by atoms with E-state index in [1.54, 1.807) is 0 Å². The number of hydrogen-bond donors (Lipinski definition) is 2. The molecule has 0 aromatic heterocycles. The van der Waals surface area contributed by atoms with E-state index in [0.29, 0.717) is 11.8 Å². The highest BCUT2D eigenvalue weighted by atomic mass is 32.2. The van der Waals surface area contributed by atoms with Gasteiger partial charge in [-0.15, -0.1) is 0 Å². The van der Waals surface area contributed by atoms with Gasteiger partial charge in [0.2, 0.25) is 0 Å². The fraction of sp³-hybridized carbons (Fsp3) is 0.500. The second kappa shape index (κ2) is 8.36. The molecule has 0 bridgehead atoms. The van der Waals surface area contributed by atoms with Crippen molar-refractivity contribution in [3.63, 3.8) is 0 Å². The number of esters is 1. The standard InChI is InChI=1S/C12H16O7S/c1-4-19-12(18)10(6(2)13)11(17)8(5-9(15)16)20-7(3)14/h8,17H,4-5H2,1-3H3,(H,15,16)/b11-10+. The first-order valence-corrected chi connectivity index (χ1v) is 6.58. The number of ketones is 1. The molecule has 0 heterocycles. The molecule has 0 radical (unpaired) electrons. The number of thioether (sulfide) groups is 1. The van der Waals surface area contributed by atoms with Crippen molar-refractivity contribution in [1.29, 1.82) is 0 Å². The third-order valence-electron chi connectivity index (χ3n) is 2.06. The maximum absolute atomic E-state index is 11.6. The number of carbonyl (C=O) groups is 4. The lowest BCUT2D eigenvalue weighted by atomic mass is 10.1. The second-order valence-corrected chi connectivity index (χ2v) is 5.11. The van der Waals surface area contributed by atoms with Crippen molar-refractivity contribution in [2.24, 2.45) is 0 Å². The monoisotopic (exact) mass is 304 g/mol. The van der Waals surface area contributed by atoms with Gasteiger partial charge in [0.25, 0.3) is 0 Å². The summed E-state index contributed by atoms with van der Waals surface area (Å²) in [4.78, 5) is 44.8. The summed E-state index contributed by atoms with van der Waals surface area (Å²) in [6.45, 7) is 3.74. The fourth-order valence-corrected chi connectivity index (χ4v) is 2.20. The number of aliphatic carboxylic acids is 1. The van der Waals surface area contributed by atoms with Gasteiger partial charge in [0.15, 0.2) is 10.9 Å². The van der Waals surface area contributed by atoms with E-state index in [-0.39, 0.29) is 6.61 Å². The lowest BCUT2D eigenvalue weighted by Crippen LogP contribution is -2.23. The van der Waals surface area contributed by atoms with Crippen LogP contribution in [0.25, 0.3) is 0 Å². The van der Waals surface area contributed by atoms with E-state index in [2.05, 4.69) is 4.74 Å². The molecule has 0 aliphatic heterocycles. The number of aliphatic hydroxyl groups is 1. The summed E-state index contributed by atoms with van der Waals surface area (Å²) in [5, 5.41) is 17.0. The van der Waals surface area contributed by atoms with Gasteiger partial charge in [0.1, 0.15) is 11.3 Å². The van der Waals surface area contributed by atoms with Gasteiger partial charge >= 0.3 is 11.9 Å². The largest absolute Gasteiger partial charge is 0.510 e. The summed E-state index contributed by atoms with van der Waals surface area (Å²) in [6.07, 6.45) is -0.605. The summed E-state index contributed by atoms with van der Waals surface area (Å²) in [5.74, 6) is -3.84. The highest BCUT2D eigenvalue weighted by molar-refractivity contribution is 8.14. The minimum absolute atomic E-state index is 0.00760. The highest BCUT2D eigenvalue weighted by Crippen LogP contribution is 2.25. The second-order valence-electron chi connectivity index (χ2n) is 3.73. The maximum atomic E-state index is 11.6. The Labute approximate surface area is 120 Å². The molecule has 8 heteroatoms. The topological polar surface area (TPSA) is 118 Å². The minimum atomic E-state index is -1.28. The Balaban J connectivity index is 5.58. The summed E-state index contributed by atoms with van der Waals surface area (Å²) >= 11 is 0.530. The van der Waals surface area contributed by atoms with E-state index in [4.69, 9.17) is 5.11 Å². The lowest BCUT2D eigenvalue weighted by Gasteiger charge is -2.15. The lowest BCUT2D eigenvalue weighted by molar-refractivity contribution is -0.141. The predicted octanol–water partition coefficient (Wildman–Crippen LogP) is 1.07. The van der Waals surface area contributed by atoms with Crippen molar-refractivity contribution in [2.45, 2.75) is 32.4 Å². The average molecular weight is 304 g/mol. The molecule has 0 amide bonds. The Morgan fingerprint density at radius 2 is 1.70 bits per heavy atom. The number of ether oxygens (including phenoxy) is 1. The van der Waals surface area contributed by atoms with Crippen LogP contribution in [0, 0.1) is 0 Å². The molecule has 7 nitrogen and oxygen atoms in total. The Morgan fingerprint density at radius 3 is 2.05 bits per heavy atom. The first-order valence-electron chi connectivity index (χ1n) is 5.70. The number of carboxylic acid groups (broad SMARTS) is 1. The third kappa shape index (κ3) is 5.87. The van der Waals surface area contributed by atoms with Crippen LogP contribution in [0.4, 0.5) is 0 Å². The summed E-state index contributed by atoms with van der Waals surface area (Å²) in [7, 11) is 0. The van der Waals surface area contributed by atoms with Crippen LogP contribution in [-0.4, -0.2) is 44.9 Å². The number of aliphatic hydroxyl groups excluding tert-OH is 1. The number of carbonyl (C=O) groups excluding carboxylic acids is 3. The van der Waals surface area contributed by atoms with E-state index in [1.165, 1.54) is 13.8 Å². The molecule has 0 fully saturated rings. The molecule has 0 aliphatic carbocycles. The first kappa shape index (κ1) is 18.2. The number of carboxylic acids is 1. The van der Waals surface area contributed by atoms with E-state index >= 15 is 0 Å². The number of rotatable bonds is 7. The normalized spacial score (nSPS) is 13.2. The number of hydrogen-bond acceptors (Lipinski definition) is 7. The molecular weight excluding hydrogens is 288 g/mol. The predicted molar refractivity (Wildman–Crippen MR) is 71.3 cm³/mol. The van der Waals surface area contributed by atoms with Crippen LogP contribution < -0.4 is 0 Å². The zero-order chi connectivity index (χ0) is 15.9. The molecule has 1 atom stereocenters. The SMILES string of the molecule is CCOC(=O)/C(C(C)=O)=C(/O)C(CC(=O)O)SC(C)=O. The average Bonchev–Trinajstić information content (AvgIpc) is 2.26. The van der Waals surface area contributed by atoms with Crippen LogP contribution in [0.5, 0.6) is 0 Å². The van der Waals surface area contributed by atoms with Gasteiger partial charge in [0.05, 0.1) is 18.3 Å².